The lowest BCUT2D eigenvalue weighted by Crippen LogP contribution is -2.56. The monoisotopic (exact) mass is 310 g/mol. The van der Waals surface area contributed by atoms with E-state index in [1.54, 1.807) is 0 Å². The molecule has 2 bridgehead atoms. The summed E-state index contributed by atoms with van der Waals surface area (Å²) in [6, 6.07) is 0.764. The van der Waals surface area contributed by atoms with Crippen LogP contribution in [0.2, 0.25) is 0 Å². The smallest absolute Gasteiger partial charge is 0.306 e. The summed E-state index contributed by atoms with van der Waals surface area (Å²) >= 11 is 0. The number of likely N-dealkylation sites (tertiary alicyclic amines) is 1. The van der Waals surface area contributed by atoms with E-state index in [4.69, 9.17) is 4.74 Å². The number of esters is 1. The molecule has 5 heteroatoms. The molecule has 2 heterocycles. The predicted molar refractivity (Wildman–Crippen MR) is 85.5 cm³/mol. The number of amides is 1. The Labute approximate surface area is 134 Å². The first kappa shape index (κ1) is 17.3. The molecule has 2 unspecified atom stereocenters. The van der Waals surface area contributed by atoms with Crippen LogP contribution in [0.25, 0.3) is 0 Å². The third kappa shape index (κ3) is 4.00. The molecule has 0 aromatic rings. The van der Waals surface area contributed by atoms with Gasteiger partial charge in [0, 0.05) is 44.6 Å². The van der Waals surface area contributed by atoms with Gasteiger partial charge in [-0.05, 0) is 33.1 Å². The number of hydrogen-bond donors (Lipinski definition) is 0. The van der Waals surface area contributed by atoms with E-state index in [1.165, 1.54) is 0 Å². The minimum absolute atomic E-state index is 0.136. The summed E-state index contributed by atoms with van der Waals surface area (Å²) in [6.07, 6.45) is 4.11. The van der Waals surface area contributed by atoms with Crippen LogP contribution in [0.1, 0.15) is 59.8 Å². The highest BCUT2D eigenvalue weighted by molar-refractivity contribution is 5.77. The first-order valence-electron chi connectivity index (χ1n) is 8.61. The molecule has 2 aliphatic heterocycles. The van der Waals surface area contributed by atoms with Gasteiger partial charge in [0.2, 0.25) is 5.91 Å². The number of carbonyl (C=O) groups excluding carboxylic acids is 2. The molecule has 126 valence electrons. The fraction of sp³-hybridized carbons (Fsp3) is 0.882. The normalized spacial score (nSPS) is 25.4. The van der Waals surface area contributed by atoms with Crippen LogP contribution in [0.3, 0.4) is 0 Å². The average Bonchev–Trinajstić information content (AvgIpc) is 2.74. The van der Waals surface area contributed by atoms with Gasteiger partial charge in [0.1, 0.15) is 5.60 Å². The first-order chi connectivity index (χ1) is 10.4. The zero-order chi connectivity index (χ0) is 16.3. The van der Waals surface area contributed by atoms with Crippen LogP contribution < -0.4 is 0 Å². The van der Waals surface area contributed by atoms with Gasteiger partial charge < -0.3 is 9.64 Å². The highest BCUT2D eigenvalue weighted by Gasteiger charge is 2.41. The van der Waals surface area contributed by atoms with Crippen LogP contribution in [0.4, 0.5) is 0 Å². The maximum Gasteiger partial charge on any atom is 0.306 e. The molecule has 2 fully saturated rings. The van der Waals surface area contributed by atoms with Crippen molar-refractivity contribution in [3.63, 3.8) is 0 Å². The number of rotatable bonds is 6. The zero-order valence-electron chi connectivity index (χ0n) is 14.4. The van der Waals surface area contributed by atoms with Crippen molar-refractivity contribution in [1.82, 2.24) is 9.80 Å². The Morgan fingerprint density at radius 1 is 1.09 bits per heavy atom. The van der Waals surface area contributed by atoms with Crippen molar-refractivity contribution in [3.05, 3.63) is 0 Å². The highest BCUT2D eigenvalue weighted by atomic mass is 16.6. The van der Waals surface area contributed by atoms with Gasteiger partial charge in [-0.15, -0.1) is 0 Å². The van der Waals surface area contributed by atoms with Crippen molar-refractivity contribution in [1.29, 1.82) is 0 Å². The number of carbonyl (C=O) groups is 2. The molecule has 0 N–H and O–H groups in total. The molecular formula is C17H30N2O3. The van der Waals surface area contributed by atoms with Gasteiger partial charge in [0.05, 0.1) is 0 Å². The lowest BCUT2D eigenvalue weighted by atomic mass is 10.0. The Morgan fingerprint density at radius 3 is 2.18 bits per heavy atom. The van der Waals surface area contributed by atoms with E-state index in [9.17, 15) is 9.59 Å². The number of fused-ring (bicyclic) bond motifs is 2. The number of ether oxygens (including phenoxy) is 1. The van der Waals surface area contributed by atoms with Crippen LogP contribution in [-0.4, -0.2) is 59.0 Å². The molecule has 2 aliphatic rings. The summed E-state index contributed by atoms with van der Waals surface area (Å²) in [6.45, 7) is 10.6. The molecule has 0 spiro atoms. The largest absolute Gasteiger partial charge is 0.460 e. The summed E-state index contributed by atoms with van der Waals surface area (Å²) in [5, 5.41) is 0. The molecule has 22 heavy (non-hydrogen) atoms. The zero-order valence-corrected chi connectivity index (χ0v) is 14.4. The number of nitrogens with zero attached hydrogens (tertiary/aromatic N) is 2. The molecule has 2 atom stereocenters. The molecule has 2 rings (SSSR count). The van der Waals surface area contributed by atoms with Crippen molar-refractivity contribution in [2.75, 3.05) is 19.6 Å². The summed E-state index contributed by atoms with van der Waals surface area (Å²) in [4.78, 5) is 28.1. The minimum Gasteiger partial charge on any atom is -0.460 e. The highest BCUT2D eigenvalue weighted by Crippen LogP contribution is 2.31. The number of hydrogen-bond acceptors (Lipinski definition) is 4. The van der Waals surface area contributed by atoms with Gasteiger partial charge >= 0.3 is 5.97 Å². The SMILES string of the molecule is CCC(=O)OC(C)(C)CCN1CC2CCC(C1)N2C(=O)CC. The Bertz CT molecular complexity index is 408. The quantitative estimate of drug-likeness (QED) is 0.706. The second-order valence-electron chi connectivity index (χ2n) is 7.14. The van der Waals surface area contributed by atoms with Gasteiger partial charge in [0.15, 0.2) is 0 Å². The molecule has 0 aromatic carbocycles. The van der Waals surface area contributed by atoms with Crippen molar-refractivity contribution < 1.29 is 14.3 Å². The minimum atomic E-state index is -0.414. The Hall–Kier alpha value is -1.10. The molecule has 0 saturated carbocycles. The second kappa shape index (κ2) is 6.99. The third-order valence-corrected chi connectivity index (χ3v) is 4.86. The standard InChI is InChI=1S/C17H30N2O3/c1-5-15(20)19-13-7-8-14(19)12-18(11-13)10-9-17(3,4)22-16(21)6-2/h13-14H,5-12H2,1-4H3. The van der Waals surface area contributed by atoms with E-state index in [2.05, 4.69) is 9.80 Å². The summed E-state index contributed by atoms with van der Waals surface area (Å²) in [7, 11) is 0. The average molecular weight is 310 g/mol. The predicted octanol–water partition coefficient (Wildman–Crippen LogP) is 2.19. The van der Waals surface area contributed by atoms with Crippen molar-refractivity contribution in [3.8, 4) is 0 Å². The van der Waals surface area contributed by atoms with Gasteiger partial charge in [-0.1, -0.05) is 13.8 Å². The Balaban J connectivity index is 1.84. The van der Waals surface area contributed by atoms with E-state index in [0.717, 1.165) is 38.9 Å². The maximum absolute atomic E-state index is 12.1. The van der Waals surface area contributed by atoms with Crippen molar-refractivity contribution in [2.45, 2.75) is 77.5 Å². The van der Waals surface area contributed by atoms with E-state index in [1.807, 2.05) is 27.7 Å². The Morgan fingerprint density at radius 2 is 1.68 bits per heavy atom. The van der Waals surface area contributed by atoms with E-state index >= 15 is 0 Å². The van der Waals surface area contributed by atoms with Gasteiger partial charge in [0.25, 0.3) is 0 Å². The molecule has 2 saturated heterocycles. The maximum atomic E-state index is 12.1. The van der Waals surface area contributed by atoms with E-state index in [0.29, 0.717) is 30.8 Å². The van der Waals surface area contributed by atoms with Gasteiger partial charge in [-0.25, -0.2) is 0 Å². The molecule has 1 amide bonds. The van der Waals surface area contributed by atoms with Crippen molar-refractivity contribution >= 4 is 11.9 Å². The lowest BCUT2D eigenvalue weighted by molar-refractivity contribution is -0.157. The van der Waals surface area contributed by atoms with Gasteiger partial charge in [-0.2, -0.15) is 0 Å². The van der Waals surface area contributed by atoms with Crippen LogP contribution in [0, 0.1) is 0 Å². The Kier molecular flexibility index (Phi) is 5.48. The van der Waals surface area contributed by atoms with E-state index in [-0.39, 0.29) is 5.97 Å². The molecule has 0 radical (unpaired) electrons. The first-order valence-corrected chi connectivity index (χ1v) is 8.61. The van der Waals surface area contributed by atoms with Crippen LogP contribution in [0.5, 0.6) is 0 Å². The molecular weight excluding hydrogens is 280 g/mol. The second-order valence-corrected chi connectivity index (χ2v) is 7.14. The topological polar surface area (TPSA) is 49.9 Å². The molecule has 5 nitrogen and oxygen atoms in total. The third-order valence-electron chi connectivity index (χ3n) is 4.86. The lowest BCUT2D eigenvalue weighted by Gasteiger charge is -2.42. The van der Waals surface area contributed by atoms with Crippen LogP contribution in [0.15, 0.2) is 0 Å². The fourth-order valence-corrected chi connectivity index (χ4v) is 3.62. The van der Waals surface area contributed by atoms with Crippen molar-refractivity contribution in [2.24, 2.45) is 0 Å². The van der Waals surface area contributed by atoms with Crippen LogP contribution >= 0.6 is 0 Å². The molecule has 0 aliphatic carbocycles. The van der Waals surface area contributed by atoms with Crippen LogP contribution in [-0.2, 0) is 14.3 Å². The molecule has 0 aromatic heterocycles. The fourth-order valence-electron chi connectivity index (χ4n) is 3.62. The summed E-state index contributed by atoms with van der Waals surface area (Å²) in [5.41, 5.74) is -0.414. The summed E-state index contributed by atoms with van der Waals surface area (Å²) in [5.74, 6) is 0.160. The van der Waals surface area contributed by atoms with Gasteiger partial charge in [-0.3, -0.25) is 14.5 Å². The van der Waals surface area contributed by atoms with E-state index < -0.39 is 5.60 Å². The summed E-state index contributed by atoms with van der Waals surface area (Å²) < 4.78 is 5.49. The number of piperazine rings is 1.